The van der Waals surface area contributed by atoms with Gasteiger partial charge < -0.3 is 14.5 Å². The fraction of sp³-hybridized carbons (Fsp3) is 0.640. The smallest absolute Gasteiger partial charge is 0.222 e. The van der Waals surface area contributed by atoms with Gasteiger partial charge in [0, 0.05) is 36.7 Å². The van der Waals surface area contributed by atoms with Crippen LogP contribution in [0.4, 0.5) is 0 Å². The van der Waals surface area contributed by atoms with Crippen molar-refractivity contribution in [2.45, 2.75) is 69.9 Å². The number of nitrogens with one attached hydrogen (secondary N) is 1. The first-order valence-corrected chi connectivity index (χ1v) is 11.7. The Morgan fingerprint density at radius 3 is 2.90 bits per heavy atom. The normalized spacial score (nSPS) is 25.4. The van der Waals surface area contributed by atoms with E-state index in [0.29, 0.717) is 25.1 Å². The molecule has 164 valence electrons. The van der Waals surface area contributed by atoms with Crippen LogP contribution in [0, 0.1) is 5.92 Å². The van der Waals surface area contributed by atoms with Gasteiger partial charge in [0.1, 0.15) is 5.76 Å². The predicted molar refractivity (Wildman–Crippen MR) is 118 cm³/mol. The third kappa shape index (κ3) is 5.44. The van der Waals surface area contributed by atoms with Crippen molar-refractivity contribution in [3.05, 3.63) is 36.1 Å². The molecule has 4 aliphatic rings. The lowest BCUT2D eigenvalue weighted by Crippen LogP contribution is -2.39. The highest BCUT2D eigenvalue weighted by atomic mass is 16.5. The summed E-state index contributed by atoms with van der Waals surface area (Å²) in [5.41, 5.74) is 2.54. The lowest BCUT2D eigenvalue weighted by Gasteiger charge is -2.37. The molecule has 1 saturated heterocycles. The number of ether oxygens (including phenoxy) is 1. The van der Waals surface area contributed by atoms with Gasteiger partial charge in [-0.2, -0.15) is 0 Å². The summed E-state index contributed by atoms with van der Waals surface area (Å²) in [6.07, 6.45) is 12.2. The van der Waals surface area contributed by atoms with Crippen molar-refractivity contribution >= 4 is 5.91 Å². The molecule has 30 heavy (non-hydrogen) atoms. The van der Waals surface area contributed by atoms with Crippen LogP contribution in [0.2, 0.25) is 0 Å². The van der Waals surface area contributed by atoms with Crippen LogP contribution in [0.1, 0.15) is 69.4 Å². The number of nitrogens with zero attached hydrogens (tertiary/aromatic N) is 1. The molecule has 1 saturated carbocycles. The lowest BCUT2D eigenvalue weighted by atomic mass is 9.83. The second-order valence-electron chi connectivity index (χ2n) is 9.09. The summed E-state index contributed by atoms with van der Waals surface area (Å²) >= 11 is 0. The Labute approximate surface area is 180 Å². The van der Waals surface area contributed by atoms with Crippen LogP contribution in [-0.4, -0.2) is 43.7 Å². The van der Waals surface area contributed by atoms with Crippen LogP contribution in [0.5, 0.6) is 0 Å². The van der Waals surface area contributed by atoms with Gasteiger partial charge in [-0.3, -0.25) is 9.69 Å². The summed E-state index contributed by atoms with van der Waals surface area (Å²) in [6.45, 7) is 2.86. The minimum Gasteiger partial charge on any atom is -0.464 e. The summed E-state index contributed by atoms with van der Waals surface area (Å²) in [7, 11) is 1.64. The highest BCUT2D eigenvalue weighted by Gasteiger charge is 2.27. The number of hydrogen-bond donors (Lipinski definition) is 1. The molecular formula is C25H36N2O3. The van der Waals surface area contributed by atoms with Crippen molar-refractivity contribution in [3.63, 3.8) is 0 Å². The van der Waals surface area contributed by atoms with Crippen molar-refractivity contribution < 1.29 is 13.9 Å². The number of rotatable bonds is 8. The van der Waals surface area contributed by atoms with Crippen molar-refractivity contribution in [2.75, 3.05) is 26.8 Å². The van der Waals surface area contributed by atoms with Crippen LogP contribution in [0.15, 0.2) is 34.9 Å². The first kappa shape index (κ1) is 21.4. The van der Waals surface area contributed by atoms with E-state index in [0.717, 1.165) is 24.5 Å². The van der Waals surface area contributed by atoms with E-state index in [1.165, 1.54) is 62.7 Å². The minimum atomic E-state index is 0.128. The Balaban J connectivity index is 1.26. The minimum absolute atomic E-state index is 0.128. The molecule has 2 fully saturated rings. The molecule has 1 N–H and O–H groups in total. The zero-order chi connectivity index (χ0) is 20.8. The summed E-state index contributed by atoms with van der Waals surface area (Å²) in [5.74, 6) is 1.89. The van der Waals surface area contributed by atoms with Crippen LogP contribution < -0.4 is 5.32 Å². The number of carbonyl (C=O) groups excluding carboxylic acids is 1. The SMILES string of the molecule is COCCC(=O)N[C@H]1CC[C@H](CCN2CCCCC2c2coc3cccc-3c2)CC1. The standard InChI is InChI=1S/C25H36N2O3/c1-29-16-13-25(28)26-22-10-8-19(9-11-22)12-15-27-14-3-2-6-23(27)21-17-20-5-4-7-24(20)30-18-21/h4-5,7,17-19,22-23H,2-3,6,8-16H2,1H3,(H,26,28)/t19-,22-,23?. The van der Waals surface area contributed by atoms with E-state index >= 15 is 0 Å². The van der Waals surface area contributed by atoms with Crippen molar-refractivity contribution in [2.24, 2.45) is 5.92 Å². The maximum atomic E-state index is 11.9. The van der Waals surface area contributed by atoms with Gasteiger partial charge in [0.15, 0.2) is 0 Å². The predicted octanol–water partition coefficient (Wildman–Crippen LogP) is 5.01. The third-order valence-electron chi connectivity index (χ3n) is 7.02. The molecule has 5 heteroatoms. The van der Waals surface area contributed by atoms with Crippen molar-refractivity contribution in [1.82, 2.24) is 10.2 Å². The van der Waals surface area contributed by atoms with Gasteiger partial charge in [-0.25, -0.2) is 0 Å². The van der Waals surface area contributed by atoms with Gasteiger partial charge in [0.2, 0.25) is 5.91 Å². The number of likely N-dealkylation sites (tertiary alicyclic amines) is 1. The van der Waals surface area contributed by atoms with Gasteiger partial charge in [-0.15, -0.1) is 0 Å². The van der Waals surface area contributed by atoms with Crippen LogP contribution >= 0.6 is 0 Å². The average Bonchev–Trinajstić information content (AvgIpc) is 3.25. The van der Waals surface area contributed by atoms with E-state index in [9.17, 15) is 4.79 Å². The quantitative estimate of drug-likeness (QED) is 0.662. The summed E-state index contributed by atoms with van der Waals surface area (Å²) in [5, 5.41) is 3.18. The van der Waals surface area contributed by atoms with E-state index in [4.69, 9.17) is 9.15 Å². The monoisotopic (exact) mass is 412 g/mol. The molecule has 0 aromatic heterocycles. The molecule has 5 nitrogen and oxygen atoms in total. The molecule has 2 aliphatic heterocycles. The molecule has 0 radical (unpaired) electrons. The second-order valence-corrected chi connectivity index (χ2v) is 9.09. The molecule has 0 spiro atoms. The van der Waals surface area contributed by atoms with Crippen LogP contribution in [0.3, 0.4) is 0 Å². The highest BCUT2D eigenvalue weighted by molar-refractivity contribution is 5.76. The third-order valence-corrected chi connectivity index (χ3v) is 7.02. The summed E-state index contributed by atoms with van der Waals surface area (Å²) < 4.78 is 10.9. The molecule has 2 aliphatic carbocycles. The first-order valence-electron chi connectivity index (χ1n) is 11.7. The molecule has 4 rings (SSSR count). The van der Waals surface area contributed by atoms with Gasteiger partial charge in [-0.05, 0) is 76.1 Å². The van der Waals surface area contributed by atoms with Crippen molar-refractivity contribution in [3.8, 4) is 11.3 Å². The highest BCUT2D eigenvalue weighted by Crippen LogP contribution is 2.36. The van der Waals surface area contributed by atoms with E-state index < -0.39 is 0 Å². The van der Waals surface area contributed by atoms with E-state index in [-0.39, 0.29) is 5.91 Å². The molecule has 1 atom stereocenters. The topological polar surface area (TPSA) is 54.7 Å². The number of amides is 1. The number of fused-ring (bicyclic) bond motifs is 1. The summed E-state index contributed by atoms with van der Waals surface area (Å²) in [6, 6.07) is 9.40. The molecule has 0 aromatic carbocycles. The van der Waals surface area contributed by atoms with Crippen molar-refractivity contribution in [1.29, 1.82) is 0 Å². The Bertz CT molecular complexity index is 765. The molecule has 1 unspecified atom stereocenters. The fourth-order valence-electron chi connectivity index (χ4n) is 5.24. The molecular weight excluding hydrogens is 376 g/mol. The number of methoxy groups -OCH3 is 1. The maximum Gasteiger partial charge on any atom is 0.222 e. The molecule has 1 amide bonds. The van der Waals surface area contributed by atoms with Crippen LogP contribution in [-0.2, 0) is 9.53 Å². The number of hydrogen-bond acceptors (Lipinski definition) is 4. The lowest BCUT2D eigenvalue weighted by molar-refractivity contribution is -0.122. The maximum absolute atomic E-state index is 11.9. The Kier molecular flexibility index (Phi) is 7.45. The fourth-order valence-corrected chi connectivity index (χ4v) is 5.24. The molecule has 2 heterocycles. The molecule has 0 bridgehead atoms. The molecule has 0 aromatic rings. The number of piperidine rings is 1. The largest absolute Gasteiger partial charge is 0.464 e. The zero-order valence-electron chi connectivity index (χ0n) is 18.3. The Hall–Kier alpha value is -1.85. The average molecular weight is 413 g/mol. The van der Waals surface area contributed by atoms with Gasteiger partial charge in [0.25, 0.3) is 0 Å². The number of carbonyl (C=O) groups is 1. The van der Waals surface area contributed by atoms with E-state index in [1.54, 1.807) is 7.11 Å². The van der Waals surface area contributed by atoms with Gasteiger partial charge in [-0.1, -0.05) is 18.6 Å². The van der Waals surface area contributed by atoms with Gasteiger partial charge in [0.05, 0.1) is 12.9 Å². The van der Waals surface area contributed by atoms with E-state index in [2.05, 4.69) is 28.4 Å². The second kappa shape index (κ2) is 10.5. The summed E-state index contributed by atoms with van der Waals surface area (Å²) in [4.78, 5) is 14.6. The Morgan fingerprint density at radius 2 is 2.07 bits per heavy atom. The van der Waals surface area contributed by atoms with Crippen LogP contribution in [0.25, 0.3) is 11.3 Å². The zero-order valence-corrected chi connectivity index (χ0v) is 18.3. The first-order chi connectivity index (χ1) is 14.7. The van der Waals surface area contributed by atoms with E-state index in [1.807, 2.05) is 12.3 Å². The van der Waals surface area contributed by atoms with Gasteiger partial charge >= 0.3 is 0 Å². The Morgan fingerprint density at radius 1 is 1.20 bits per heavy atom.